The van der Waals surface area contributed by atoms with Gasteiger partial charge in [-0.15, -0.1) is 11.3 Å². The average Bonchev–Trinajstić information content (AvgIpc) is 3.04. The molecule has 102 valence electrons. The molecule has 0 amide bonds. The van der Waals surface area contributed by atoms with Crippen LogP contribution in [0.4, 0.5) is 0 Å². The lowest BCUT2D eigenvalue weighted by atomic mass is 10.3. The molecule has 0 N–H and O–H groups in total. The molecule has 19 heavy (non-hydrogen) atoms. The second-order valence-corrected chi connectivity index (χ2v) is 6.72. The van der Waals surface area contributed by atoms with E-state index in [1.165, 1.54) is 36.6 Å². The first-order valence-electron chi connectivity index (χ1n) is 6.74. The minimum atomic E-state index is 1.02. The van der Waals surface area contributed by atoms with Crippen molar-refractivity contribution in [1.29, 1.82) is 0 Å². The SMILES string of the molecule is c1csc(CN2CCCN(Cc3ccsc3)CC2)n1. The first kappa shape index (κ1) is 13.2. The zero-order valence-electron chi connectivity index (χ0n) is 11.0. The third kappa shape index (κ3) is 3.86. The Balaban J connectivity index is 1.51. The van der Waals surface area contributed by atoms with Gasteiger partial charge in [0.25, 0.3) is 0 Å². The molecule has 0 atom stereocenters. The van der Waals surface area contributed by atoms with Crippen molar-refractivity contribution in [2.45, 2.75) is 19.5 Å². The van der Waals surface area contributed by atoms with Gasteiger partial charge in [-0.2, -0.15) is 11.3 Å². The molecular formula is C14H19N3S2. The molecule has 0 saturated carbocycles. The van der Waals surface area contributed by atoms with Crippen molar-refractivity contribution in [1.82, 2.24) is 14.8 Å². The van der Waals surface area contributed by atoms with E-state index >= 15 is 0 Å². The van der Waals surface area contributed by atoms with Crippen LogP contribution >= 0.6 is 22.7 Å². The fourth-order valence-corrected chi connectivity index (χ4v) is 3.82. The summed E-state index contributed by atoms with van der Waals surface area (Å²) in [6, 6.07) is 2.24. The van der Waals surface area contributed by atoms with Crippen LogP contribution in [-0.2, 0) is 13.1 Å². The summed E-state index contributed by atoms with van der Waals surface area (Å²) in [7, 11) is 0. The number of aromatic nitrogens is 1. The molecule has 0 aliphatic carbocycles. The van der Waals surface area contributed by atoms with Crippen LogP contribution in [0.5, 0.6) is 0 Å². The highest BCUT2D eigenvalue weighted by atomic mass is 32.1. The highest BCUT2D eigenvalue weighted by Crippen LogP contribution is 2.14. The van der Waals surface area contributed by atoms with Gasteiger partial charge in [0.2, 0.25) is 0 Å². The topological polar surface area (TPSA) is 19.4 Å². The molecule has 0 spiro atoms. The number of hydrogen-bond acceptors (Lipinski definition) is 5. The average molecular weight is 293 g/mol. The van der Waals surface area contributed by atoms with Gasteiger partial charge in [0.1, 0.15) is 5.01 Å². The highest BCUT2D eigenvalue weighted by molar-refractivity contribution is 7.09. The van der Waals surface area contributed by atoms with Crippen LogP contribution < -0.4 is 0 Å². The van der Waals surface area contributed by atoms with Crippen molar-refractivity contribution in [2.24, 2.45) is 0 Å². The Morgan fingerprint density at radius 3 is 2.58 bits per heavy atom. The zero-order valence-corrected chi connectivity index (χ0v) is 12.6. The fraction of sp³-hybridized carbons (Fsp3) is 0.500. The molecule has 1 fully saturated rings. The van der Waals surface area contributed by atoms with Gasteiger partial charge in [-0.25, -0.2) is 4.98 Å². The van der Waals surface area contributed by atoms with E-state index < -0.39 is 0 Å². The van der Waals surface area contributed by atoms with E-state index in [1.54, 1.807) is 22.7 Å². The normalized spacial score (nSPS) is 18.5. The summed E-state index contributed by atoms with van der Waals surface area (Å²) < 4.78 is 0. The Morgan fingerprint density at radius 1 is 1.05 bits per heavy atom. The summed E-state index contributed by atoms with van der Waals surface area (Å²) in [5, 5.41) is 7.74. The molecule has 3 heterocycles. The van der Waals surface area contributed by atoms with Gasteiger partial charge in [0.05, 0.1) is 6.54 Å². The molecule has 0 unspecified atom stereocenters. The number of thiazole rings is 1. The van der Waals surface area contributed by atoms with E-state index in [0.717, 1.165) is 19.6 Å². The van der Waals surface area contributed by atoms with Gasteiger partial charge in [-0.3, -0.25) is 9.80 Å². The zero-order chi connectivity index (χ0) is 12.9. The van der Waals surface area contributed by atoms with Crippen molar-refractivity contribution >= 4 is 22.7 Å². The molecule has 3 rings (SSSR count). The number of nitrogens with zero attached hydrogens (tertiary/aromatic N) is 3. The van der Waals surface area contributed by atoms with Crippen molar-refractivity contribution in [3.05, 3.63) is 39.0 Å². The summed E-state index contributed by atoms with van der Waals surface area (Å²) in [5.41, 5.74) is 1.46. The Morgan fingerprint density at radius 2 is 1.89 bits per heavy atom. The fourth-order valence-electron chi connectivity index (χ4n) is 2.50. The van der Waals surface area contributed by atoms with Crippen molar-refractivity contribution in [2.75, 3.05) is 26.2 Å². The molecule has 1 saturated heterocycles. The van der Waals surface area contributed by atoms with Crippen LogP contribution in [-0.4, -0.2) is 41.0 Å². The predicted octanol–water partition coefficient (Wildman–Crippen LogP) is 2.91. The molecule has 0 bridgehead atoms. The molecule has 0 radical (unpaired) electrons. The maximum Gasteiger partial charge on any atom is 0.107 e. The molecule has 2 aromatic rings. The lowest BCUT2D eigenvalue weighted by Crippen LogP contribution is -2.30. The van der Waals surface area contributed by atoms with Crippen LogP contribution in [0, 0.1) is 0 Å². The molecule has 1 aliphatic heterocycles. The maximum absolute atomic E-state index is 4.39. The monoisotopic (exact) mass is 293 g/mol. The van der Waals surface area contributed by atoms with Crippen molar-refractivity contribution in [3.63, 3.8) is 0 Å². The first-order chi connectivity index (χ1) is 9.40. The quantitative estimate of drug-likeness (QED) is 0.864. The largest absolute Gasteiger partial charge is 0.298 e. The van der Waals surface area contributed by atoms with E-state index in [9.17, 15) is 0 Å². The Bertz CT molecular complexity index is 423. The maximum atomic E-state index is 4.39. The molecule has 0 aromatic carbocycles. The summed E-state index contributed by atoms with van der Waals surface area (Å²) in [6.45, 7) is 6.85. The van der Waals surface area contributed by atoms with Crippen LogP contribution in [0.3, 0.4) is 0 Å². The van der Waals surface area contributed by atoms with Crippen molar-refractivity contribution in [3.8, 4) is 0 Å². The van der Waals surface area contributed by atoms with E-state index in [4.69, 9.17) is 0 Å². The Kier molecular flexibility index (Phi) is 4.61. The highest BCUT2D eigenvalue weighted by Gasteiger charge is 2.15. The van der Waals surface area contributed by atoms with E-state index in [2.05, 4.69) is 37.0 Å². The minimum Gasteiger partial charge on any atom is -0.298 e. The van der Waals surface area contributed by atoms with Gasteiger partial charge in [-0.1, -0.05) is 0 Å². The second-order valence-electron chi connectivity index (χ2n) is 4.96. The number of rotatable bonds is 4. The lowest BCUT2D eigenvalue weighted by molar-refractivity contribution is 0.247. The van der Waals surface area contributed by atoms with E-state index in [0.29, 0.717) is 0 Å². The van der Waals surface area contributed by atoms with E-state index in [-0.39, 0.29) is 0 Å². The smallest absolute Gasteiger partial charge is 0.107 e. The third-order valence-electron chi connectivity index (χ3n) is 3.51. The summed E-state index contributed by atoms with van der Waals surface area (Å²) in [6.07, 6.45) is 3.16. The summed E-state index contributed by atoms with van der Waals surface area (Å²) in [5.74, 6) is 0. The molecule has 3 nitrogen and oxygen atoms in total. The summed E-state index contributed by atoms with van der Waals surface area (Å²) >= 11 is 3.56. The number of thiophene rings is 1. The van der Waals surface area contributed by atoms with E-state index in [1.807, 2.05) is 6.20 Å². The van der Waals surface area contributed by atoms with Gasteiger partial charge >= 0.3 is 0 Å². The summed E-state index contributed by atoms with van der Waals surface area (Å²) in [4.78, 5) is 9.49. The van der Waals surface area contributed by atoms with Crippen molar-refractivity contribution < 1.29 is 0 Å². The van der Waals surface area contributed by atoms with Crippen LogP contribution in [0.1, 0.15) is 17.0 Å². The van der Waals surface area contributed by atoms with Gasteiger partial charge in [-0.05, 0) is 41.9 Å². The molecule has 2 aromatic heterocycles. The first-order valence-corrected chi connectivity index (χ1v) is 8.56. The lowest BCUT2D eigenvalue weighted by Gasteiger charge is -2.20. The molecule has 1 aliphatic rings. The standard InChI is InChI=1S/C14H19N3S2/c1-4-16(10-13-2-8-18-12-13)6-7-17(5-1)11-14-15-3-9-19-14/h2-3,8-9,12H,1,4-7,10-11H2. The second kappa shape index (κ2) is 6.61. The Hall–Kier alpha value is -0.750. The van der Waals surface area contributed by atoms with Crippen LogP contribution in [0.2, 0.25) is 0 Å². The predicted molar refractivity (Wildman–Crippen MR) is 81.6 cm³/mol. The van der Waals surface area contributed by atoms with Gasteiger partial charge in [0.15, 0.2) is 0 Å². The minimum absolute atomic E-state index is 1.02. The molecule has 5 heteroatoms. The van der Waals surface area contributed by atoms with Crippen LogP contribution in [0.25, 0.3) is 0 Å². The molecular weight excluding hydrogens is 274 g/mol. The van der Waals surface area contributed by atoms with Gasteiger partial charge in [0, 0.05) is 31.2 Å². The Labute approximate surface area is 122 Å². The number of hydrogen-bond donors (Lipinski definition) is 0. The van der Waals surface area contributed by atoms with Crippen LogP contribution in [0.15, 0.2) is 28.4 Å². The van der Waals surface area contributed by atoms with Gasteiger partial charge < -0.3 is 0 Å². The third-order valence-corrected chi connectivity index (χ3v) is 5.01.